The smallest absolute Gasteiger partial charge is 0.306 e. The number of carbonyl (C=O) groups is 1. The molecule has 0 spiro atoms. The number of primary amides is 1. The molecule has 0 radical (unpaired) electrons. The highest BCUT2D eigenvalue weighted by Crippen LogP contribution is 2.48. The predicted octanol–water partition coefficient (Wildman–Crippen LogP) is 1.62. The van der Waals surface area contributed by atoms with Crippen molar-refractivity contribution in [2.45, 2.75) is 5.92 Å². The number of benzene rings is 2. The van der Waals surface area contributed by atoms with Crippen LogP contribution in [0.25, 0.3) is 11.1 Å². The van der Waals surface area contributed by atoms with Gasteiger partial charge in [0.05, 0.1) is 12.2 Å². The van der Waals surface area contributed by atoms with Gasteiger partial charge < -0.3 is 9.92 Å². The van der Waals surface area contributed by atoms with E-state index in [2.05, 4.69) is 0 Å². The second kappa shape index (κ2) is 4.60. The van der Waals surface area contributed by atoms with E-state index in [4.69, 9.17) is 9.92 Å². The fourth-order valence-corrected chi connectivity index (χ4v) is 3.23. The van der Waals surface area contributed by atoms with Crippen LogP contribution in [-0.4, -0.2) is 20.6 Å². The molecule has 108 valence electrons. The molecule has 3 rings (SSSR count). The Balaban J connectivity index is 2.28. The van der Waals surface area contributed by atoms with Crippen molar-refractivity contribution in [1.82, 2.24) is 0 Å². The third-order valence-corrected chi connectivity index (χ3v) is 3.92. The number of nitrogens with two attached hydrogens (primary N) is 1. The van der Waals surface area contributed by atoms with Crippen LogP contribution >= 0.6 is 0 Å². The highest BCUT2D eigenvalue weighted by molar-refractivity contribution is 7.86. The normalized spacial score (nSPS) is 16.1. The van der Waals surface area contributed by atoms with Crippen LogP contribution in [0.3, 0.4) is 0 Å². The van der Waals surface area contributed by atoms with Crippen LogP contribution in [0, 0.1) is 0 Å². The van der Waals surface area contributed by atoms with Crippen molar-refractivity contribution in [2.75, 3.05) is 6.26 Å². The summed E-state index contributed by atoms with van der Waals surface area (Å²) >= 11 is 0. The van der Waals surface area contributed by atoms with Gasteiger partial charge in [0.1, 0.15) is 5.75 Å². The minimum atomic E-state index is -3.69. The second-order valence-corrected chi connectivity index (χ2v) is 6.50. The number of hydrogen-bond donors (Lipinski definition) is 1. The molecule has 5 nitrogen and oxygen atoms in total. The lowest BCUT2D eigenvalue weighted by atomic mass is 9.96. The summed E-state index contributed by atoms with van der Waals surface area (Å²) in [6.07, 6.45) is 0.966. The van der Waals surface area contributed by atoms with Gasteiger partial charge in [-0.2, -0.15) is 8.42 Å². The van der Waals surface area contributed by atoms with Gasteiger partial charge in [0.25, 0.3) is 0 Å². The fraction of sp³-hybridized carbons (Fsp3) is 0.133. The molecule has 1 aliphatic carbocycles. The van der Waals surface area contributed by atoms with E-state index in [1.54, 1.807) is 6.07 Å². The van der Waals surface area contributed by atoms with Gasteiger partial charge in [-0.1, -0.05) is 36.4 Å². The molecule has 0 aromatic heterocycles. The largest absolute Gasteiger partial charge is 0.382 e. The van der Waals surface area contributed by atoms with Crippen LogP contribution in [0.2, 0.25) is 0 Å². The van der Waals surface area contributed by atoms with E-state index in [1.165, 1.54) is 6.07 Å². The summed E-state index contributed by atoms with van der Waals surface area (Å²) in [6.45, 7) is 0. The zero-order valence-corrected chi connectivity index (χ0v) is 12.1. The molecule has 1 unspecified atom stereocenters. The number of fused-ring (bicyclic) bond motifs is 3. The van der Waals surface area contributed by atoms with E-state index in [-0.39, 0.29) is 5.75 Å². The summed E-state index contributed by atoms with van der Waals surface area (Å²) in [5.74, 6) is -1.09. The van der Waals surface area contributed by atoms with Crippen LogP contribution in [0.15, 0.2) is 42.5 Å². The molecule has 0 heterocycles. The van der Waals surface area contributed by atoms with E-state index < -0.39 is 21.9 Å². The van der Waals surface area contributed by atoms with Crippen molar-refractivity contribution in [1.29, 1.82) is 0 Å². The second-order valence-electron chi connectivity index (χ2n) is 4.93. The Morgan fingerprint density at radius 1 is 1.10 bits per heavy atom. The molecule has 0 saturated carbocycles. The summed E-state index contributed by atoms with van der Waals surface area (Å²) in [5.41, 5.74) is 8.44. The molecule has 1 atom stereocenters. The van der Waals surface area contributed by atoms with Crippen LogP contribution in [0.5, 0.6) is 5.75 Å². The highest BCUT2D eigenvalue weighted by atomic mass is 32.2. The van der Waals surface area contributed by atoms with Gasteiger partial charge in [-0.25, -0.2) is 0 Å². The number of hydrogen-bond acceptors (Lipinski definition) is 4. The SMILES string of the molecule is CS(=O)(=O)Oc1cccc2c1C(C(N)=O)c1ccccc1-2. The Hall–Kier alpha value is -2.34. The van der Waals surface area contributed by atoms with Crippen molar-refractivity contribution in [3.8, 4) is 16.9 Å². The van der Waals surface area contributed by atoms with Crippen molar-refractivity contribution < 1.29 is 17.4 Å². The summed E-state index contributed by atoms with van der Waals surface area (Å²) in [7, 11) is -3.69. The maximum Gasteiger partial charge on any atom is 0.306 e. The Bertz CT molecular complexity index is 843. The predicted molar refractivity (Wildman–Crippen MR) is 78.4 cm³/mol. The lowest BCUT2D eigenvalue weighted by Gasteiger charge is -2.13. The molecular formula is C15H13NO4S. The molecule has 0 fully saturated rings. The summed E-state index contributed by atoms with van der Waals surface area (Å²) in [4.78, 5) is 11.9. The first kappa shape index (κ1) is 13.6. The van der Waals surface area contributed by atoms with Gasteiger partial charge in [0.2, 0.25) is 5.91 Å². The Kier molecular flexibility index (Phi) is 2.98. The molecule has 21 heavy (non-hydrogen) atoms. The summed E-state index contributed by atoms with van der Waals surface area (Å²) in [6, 6.07) is 12.4. The van der Waals surface area contributed by atoms with Crippen molar-refractivity contribution in [3.63, 3.8) is 0 Å². The molecule has 2 aromatic rings. The summed E-state index contributed by atoms with van der Waals surface area (Å²) in [5, 5.41) is 0. The molecule has 1 amide bonds. The molecule has 0 aliphatic heterocycles. The third kappa shape index (κ3) is 2.27. The average molecular weight is 303 g/mol. The maximum absolute atomic E-state index is 11.9. The van der Waals surface area contributed by atoms with Gasteiger partial charge in [-0.05, 0) is 22.8 Å². The van der Waals surface area contributed by atoms with Gasteiger partial charge in [0, 0.05) is 5.56 Å². The first-order valence-electron chi connectivity index (χ1n) is 6.29. The minimum absolute atomic E-state index is 0.148. The van der Waals surface area contributed by atoms with E-state index in [1.807, 2.05) is 30.3 Å². The fourth-order valence-electron chi connectivity index (χ4n) is 2.76. The van der Waals surface area contributed by atoms with Crippen LogP contribution in [0.1, 0.15) is 17.0 Å². The van der Waals surface area contributed by atoms with Gasteiger partial charge in [0.15, 0.2) is 0 Å². The highest BCUT2D eigenvalue weighted by Gasteiger charge is 2.35. The molecular weight excluding hydrogens is 290 g/mol. The number of amides is 1. The topological polar surface area (TPSA) is 86.5 Å². The summed E-state index contributed by atoms with van der Waals surface area (Å²) < 4.78 is 27.8. The van der Waals surface area contributed by atoms with Gasteiger partial charge in [-0.3, -0.25) is 4.79 Å². The first-order chi connectivity index (χ1) is 9.88. The molecule has 0 bridgehead atoms. The van der Waals surface area contributed by atoms with E-state index >= 15 is 0 Å². The number of carbonyl (C=O) groups excluding carboxylic acids is 1. The first-order valence-corrected chi connectivity index (χ1v) is 8.11. The zero-order valence-electron chi connectivity index (χ0n) is 11.2. The number of rotatable bonds is 3. The van der Waals surface area contributed by atoms with Crippen molar-refractivity contribution >= 4 is 16.0 Å². The minimum Gasteiger partial charge on any atom is -0.382 e. The van der Waals surface area contributed by atoms with E-state index in [9.17, 15) is 13.2 Å². The Labute approximate surface area is 122 Å². The lowest BCUT2D eigenvalue weighted by molar-refractivity contribution is -0.118. The van der Waals surface area contributed by atoms with Crippen molar-refractivity contribution in [3.05, 3.63) is 53.6 Å². The van der Waals surface area contributed by atoms with Crippen molar-refractivity contribution in [2.24, 2.45) is 5.73 Å². The average Bonchev–Trinajstić information content (AvgIpc) is 2.73. The molecule has 2 aromatic carbocycles. The van der Waals surface area contributed by atoms with E-state index in [0.717, 1.165) is 22.9 Å². The standard InChI is InChI=1S/C15H13NO4S/c1-21(18,19)20-12-8-4-7-10-9-5-2-3-6-11(9)14(13(10)12)15(16)17/h2-8,14H,1H3,(H2,16,17). The Morgan fingerprint density at radius 2 is 1.76 bits per heavy atom. The van der Waals surface area contributed by atoms with Crippen LogP contribution in [-0.2, 0) is 14.9 Å². The monoisotopic (exact) mass is 303 g/mol. The third-order valence-electron chi connectivity index (χ3n) is 3.44. The maximum atomic E-state index is 11.9. The Morgan fingerprint density at radius 3 is 2.43 bits per heavy atom. The molecule has 0 saturated heterocycles. The molecule has 6 heteroatoms. The van der Waals surface area contributed by atoms with Gasteiger partial charge in [-0.15, -0.1) is 0 Å². The van der Waals surface area contributed by atoms with Gasteiger partial charge >= 0.3 is 10.1 Å². The lowest BCUT2D eigenvalue weighted by Crippen LogP contribution is -2.21. The van der Waals surface area contributed by atoms with Crippen LogP contribution in [0.4, 0.5) is 0 Å². The van der Waals surface area contributed by atoms with E-state index in [0.29, 0.717) is 5.56 Å². The molecule has 1 aliphatic rings. The molecule has 2 N–H and O–H groups in total. The quantitative estimate of drug-likeness (QED) is 0.873. The van der Waals surface area contributed by atoms with Crippen LogP contribution < -0.4 is 9.92 Å². The zero-order chi connectivity index (χ0) is 15.2.